The van der Waals surface area contributed by atoms with Crippen molar-refractivity contribution in [2.45, 2.75) is 6.04 Å². The molecule has 1 atom stereocenters. The summed E-state index contributed by atoms with van der Waals surface area (Å²) in [5, 5.41) is 0. The Kier molecular flexibility index (Phi) is 3.68. The number of ether oxygens (including phenoxy) is 1. The Hall–Kier alpha value is -3.11. The van der Waals surface area contributed by atoms with Gasteiger partial charge in [0.25, 0.3) is 0 Å². The minimum Gasteiger partial charge on any atom is -0.359 e. The summed E-state index contributed by atoms with van der Waals surface area (Å²) in [6, 6.07) is 25.8. The molecule has 1 saturated heterocycles. The van der Waals surface area contributed by atoms with Crippen molar-refractivity contribution in [2.24, 2.45) is 0 Å². The van der Waals surface area contributed by atoms with E-state index in [2.05, 4.69) is 81.6 Å². The smallest absolute Gasteiger partial charge is 0.119 e. The second-order valence-electron chi connectivity index (χ2n) is 6.58. The van der Waals surface area contributed by atoms with E-state index in [1.165, 1.54) is 16.7 Å². The number of hydrogen-bond donors (Lipinski definition) is 1. The van der Waals surface area contributed by atoms with Crippen LogP contribution in [0.15, 0.2) is 79.1 Å². The Balaban J connectivity index is 1.45. The van der Waals surface area contributed by atoms with Gasteiger partial charge in [-0.3, -0.25) is 0 Å². The third-order valence-corrected chi connectivity index (χ3v) is 5.02. The van der Waals surface area contributed by atoms with Crippen molar-refractivity contribution in [1.29, 1.82) is 0 Å². The molecule has 128 valence electrons. The minimum absolute atomic E-state index is 0.222. The average molecular weight is 341 g/mol. The summed E-state index contributed by atoms with van der Waals surface area (Å²) >= 11 is 0. The molecular weight excluding hydrogens is 322 g/mol. The zero-order valence-corrected chi connectivity index (χ0v) is 14.3. The van der Waals surface area contributed by atoms with E-state index in [-0.39, 0.29) is 6.04 Å². The number of aromatic amines is 1. The van der Waals surface area contributed by atoms with Crippen LogP contribution in [0.2, 0.25) is 0 Å². The van der Waals surface area contributed by atoms with Crippen LogP contribution in [0.4, 0.5) is 5.69 Å². The summed E-state index contributed by atoms with van der Waals surface area (Å²) in [6.45, 7) is 1.30. The molecule has 26 heavy (non-hydrogen) atoms. The van der Waals surface area contributed by atoms with Gasteiger partial charge in [-0.05, 0) is 34.9 Å². The minimum atomic E-state index is 0.222. The first kappa shape index (κ1) is 15.2. The van der Waals surface area contributed by atoms with E-state index in [9.17, 15) is 0 Å². The van der Waals surface area contributed by atoms with Gasteiger partial charge in [0.1, 0.15) is 6.73 Å². The largest absolute Gasteiger partial charge is 0.359 e. The molecule has 0 aliphatic carbocycles. The standard InChI is InChI=1S/C22H19N3O/c1-2-4-16(5-3-1)17-6-8-18(9-7-17)22-13-26-15-25(22)19-10-11-20-21(12-19)24-14-23-20/h1-12,14,22H,13,15H2,(H,23,24). The number of nitrogens with one attached hydrogen (secondary N) is 1. The topological polar surface area (TPSA) is 41.1 Å². The van der Waals surface area contributed by atoms with Crippen molar-refractivity contribution in [3.63, 3.8) is 0 Å². The van der Waals surface area contributed by atoms with Crippen LogP contribution in [-0.2, 0) is 4.74 Å². The highest BCUT2D eigenvalue weighted by molar-refractivity contribution is 5.79. The molecule has 1 aliphatic heterocycles. The van der Waals surface area contributed by atoms with Crippen molar-refractivity contribution >= 4 is 16.7 Å². The molecule has 3 aromatic carbocycles. The fourth-order valence-corrected chi connectivity index (χ4v) is 3.60. The first-order valence-corrected chi connectivity index (χ1v) is 8.81. The number of nitrogens with zero attached hydrogens (tertiary/aromatic N) is 2. The van der Waals surface area contributed by atoms with Gasteiger partial charge in [0.15, 0.2) is 0 Å². The van der Waals surface area contributed by atoms with Crippen LogP contribution in [0.5, 0.6) is 0 Å². The number of anilines is 1. The quantitative estimate of drug-likeness (QED) is 0.584. The van der Waals surface area contributed by atoms with Crippen LogP contribution in [0.25, 0.3) is 22.2 Å². The third-order valence-electron chi connectivity index (χ3n) is 5.02. The second kappa shape index (κ2) is 6.32. The second-order valence-corrected chi connectivity index (χ2v) is 6.58. The Bertz CT molecular complexity index is 1020. The molecule has 1 unspecified atom stereocenters. The van der Waals surface area contributed by atoms with Gasteiger partial charge in [0.2, 0.25) is 0 Å². The number of rotatable bonds is 3. The molecule has 1 N–H and O–H groups in total. The SMILES string of the molecule is c1ccc(-c2ccc(C3COCN3c3ccc4nc[nH]c4c3)cc2)cc1. The van der Waals surface area contributed by atoms with Crippen molar-refractivity contribution in [1.82, 2.24) is 9.97 Å². The molecule has 0 spiro atoms. The summed E-state index contributed by atoms with van der Waals surface area (Å²) in [4.78, 5) is 9.79. The highest BCUT2D eigenvalue weighted by Gasteiger charge is 2.27. The highest BCUT2D eigenvalue weighted by Crippen LogP contribution is 2.33. The lowest BCUT2D eigenvalue weighted by atomic mass is 10.0. The fourth-order valence-electron chi connectivity index (χ4n) is 3.60. The van der Waals surface area contributed by atoms with E-state index in [1.807, 2.05) is 6.07 Å². The van der Waals surface area contributed by atoms with Gasteiger partial charge in [0, 0.05) is 5.69 Å². The van der Waals surface area contributed by atoms with Crippen molar-refractivity contribution in [2.75, 3.05) is 18.2 Å². The molecule has 4 heteroatoms. The molecule has 4 nitrogen and oxygen atoms in total. The molecule has 5 rings (SSSR count). The molecule has 0 bridgehead atoms. The zero-order valence-electron chi connectivity index (χ0n) is 14.3. The van der Waals surface area contributed by atoms with Gasteiger partial charge < -0.3 is 14.6 Å². The van der Waals surface area contributed by atoms with Crippen molar-refractivity contribution in [3.8, 4) is 11.1 Å². The molecule has 4 aromatic rings. The first-order valence-electron chi connectivity index (χ1n) is 8.81. The first-order chi connectivity index (χ1) is 12.9. The molecule has 1 fully saturated rings. The Morgan fingerprint density at radius 2 is 1.73 bits per heavy atom. The number of H-pyrrole nitrogens is 1. The molecule has 0 radical (unpaired) electrons. The molecule has 2 heterocycles. The predicted molar refractivity (Wildman–Crippen MR) is 104 cm³/mol. The van der Waals surface area contributed by atoms with E-state index >= 15 is 0 Å². The van der Waals surface area contributed by atoms with Gasteiger partial charge in [-0.15, -0.1) is 0 Å². The van der Waals surface area contributed by atoms with Crippen LogP contribution in [0.1, 0.15) is 11.6 Å². The van der Waals surface area contributed by atoms with Crippen LogP contribution in [0.3, 0.4) is 0 Å². The van der Waals surface area contributed by atoms with E-state index in [0.717, 1.165) is 16.7 Å². The average Bonchev–Trinajstić information content (AvgIpc) is 3.37. The summed E-state index contributed by atoms with van der Waals surface area (Å²) < 4.78 is 5.79. The maximum Gasteiger partial charge on any atom is 0.119 e. The van der Waals surface area contributed by atoms with Crippen molar-refractivity contribution < 1.29 is 4.74 Å². The lowest BCUT2D eigenvalue weighted by Gasteiger charge is -2.25. The fraction of sp³-hybridized carbons (Fsp3) is 0.136. The number of benzene rings is 3. The van der Waals surface area contributed by atoms with Crippen molar-refractivity contribution in [3.05, 3.63) is 84.7 Å². The normalized spacial score (nSPS) is 17.1. The van der Waals surface area contributed by atoms with E-state index < -0.39 is 0 Å². The molecule has 1 aliphatic rings. The molecule has 0 saturated carbocycles. The number of fused-ring (bicyclic) bond motifs is 1. The zero-order chi connectivity index (χ0) is 17.3. The Morgan fingerprint density at radius 3 is 2.58 bits per heavy atom. The third kappa shape index (κ3) is 2.65. The van der Waals surface area contributed by atoms with Crippen LogP contribution < -0.4 is 4.90 Å². The number of imidazole rings is 1. The van der Waals surface area contributed by atoms with Gasteiger partial charge in [-0.2, -0.15) is 0 Å². The van der Waals surface area contributed by atoms with E-state index in [4.69, 9.17) is 4.74 Å². The van der Waals surface area contributed by atoms with Gasteiger partial charge in [-0.25, -0.2) is 4.98 Å². The molecular formula is C22H19N3O. The van der Waals surface area contributed by atoms with Crippen LogP contribution in [-0.4, -0.2) is 23.3 Å². The highest BCUT2D eigenvalue weighted by atomic mass is 16.5. The summed E-state index contributed by atoms with van der Waals surface area (Å²) in [7, 11) is 0. The Labute approximate surface area is 152 Å². The van der Waals surface area contributed by atoms with Gasteiger partial charge in [-0.1, -0.05) is 54.6 Å². The lowest BCUT2D eigenvalue weighted by molar-refractivity contribution is 0.194. The molecule has 0 amide bonds. The maximum absolute atomic E-state index is 5.79. The van der Waals surface area contributed by atoms with Gasteiger partial charge >= 0.3 is 0 Å². The van der Waals surface area contributed by atoms with Crippen LogP contribution in [0, 0.1) is 0 Å². The lowest BCUT2D eigenvalue weighted by Crippen LogP contribution is -2.23. The number of hydrogen-bond acceptors (Lipinski definition) is 3. The van der Waals surface area contributed by atoms with Gasteiger partial charge in [0.05, 0.1) is 30.0 Å². The Morgan fingerprint density at radius 1 is 0.923 bits per heavy atom. The van der Waals surface area contributed by atoms with E-state index in [1.54, 1.807) is 6.33 Å². The molecule has 1 aromatic heterocycles. The summed E-state index contributed by atoms with van der Waals surface area (Å²) in [6.07, 6.45) is 1.73. The summed E-state index contributed by atoms with van der Waals surface area (Å²) in [5.41, 5.74) is 6.93. The number of aromatic nitrogens is 2. The monoisotopic (exact) mass is 341 g/mol. The summed E-state index contributed by atoms with van der Waals surface area (Å²) in [5.74, 6) is 0. The maximum atomic E-state index is 5.79. The predicted octanol–water partition coefficient (Wildman–Crippen LogP) is 4.77. The van der Waals surface area contributed by atoms with E-state index in [0.29, 0.717) is 13.3 Å². The van der Waals surface area contributed by atoms with Crippen LogP contribution >= 0.6 is 0 Å².